The highest BCUT2D eigenvalue weighted by molar-refractivity contribution is 7.92. The quantitative estimate of drug-likeness (QED) is 0.410. The molecule has 0 aliphatic rings. The molecule has 0 aliphatic carbocycles. The van der Waals surface area contributed by atoms with Gasteiger partial charge < -0.3 is 15.0 Å². The Morgan fingerprint density at radius 3 is 2.33 bits per heavy atom. The fourth-order valence-corrected chi connectivity index (χ4v) is 4.76. The van der Waals surface area contributed by atoms with Crippen molar-refractivity contribution in [2.45, 2.75) is 59.5 Å². The van der Waals surface area contributed by atoms with Crippen LogP contribution in [0.5, 0.6) is 5.75 Å². The van der Waals surface area contributed by atoms with Gasteiger partial charge >= 0.3 is 0 Å². The number of ether oxygens (including phenoxy) is 1. The van der Waals surface area contributed by atoms with Crippen molar-refractivity contribution in [3.8, 4) is 5.75 Å². The molecule has 0 aliphatic heterocycles. The van der Waals surface area contributed by atoms with Gasteiger partial charge in [0.15, 0.2) is 0 Å². The number of nitrogens with one attached hydrogen (secondary N) is 1. The van der Waals surface area contributed by atoms with Crippen LogP contribution in [0.2, 0.25) is 0 Å². The standard InChI is InChI=1S/C27H39N3O5S/c1-6-18-28-27(32)22(4)29(20-23-16-14-21(3)15-17-23)26(31)13-10-19-30(36(5,33)34)24-11-8-9-12-25(24)35-7-2/h8-9,11-12,14-17,22H,6-7,10,13,18-20H2,1-5H3,(H,28,32)/t22-/m0/s1. The maximum absolute atomic E-state index is 13.3. The average Bonchev–Trinajstić information content (AvgIpc) is 2.84. The lowest BCUT2D eigenvalue weighted by atomic mass is 10.1. The maximum Gasteiger partial charge on any atom is 0.242 e. The Morgan fingerprint density at radius 1 is 1.06 bits per heavy atom. The number of para-hydroxylation sites is 2. The number of amides is 2. The maximum atomic E-state index is 13.3. The Bertz CT molecular complexity index is 1100. The molecule has 2 aromatic rings. The zero-order valence-corrected chi connectivity index (χ0v) is 22.8. The van der Waals surface area contributed by atoms with Gasteiger partial charge in [0.25, 0.3) is 0 Å². The fraction of sp³-hybridized carbons (Fsp3) is 0.481. The molecule has 8 nitrogen and oxygen atoms in total. The molecule has 0 radical (unpaired) electrons. The van der Waals surface area contributed by atoms with E-state index in [0.29, 0.717) is 37.6 Å². The molecular weight excluding hydrogens is 478 g/mol. The smallest absolute Gasteiger partial charge is 0.242 e. The van der Waals surface area contributed by atoms with Crippen LogP contribution in [-0.4, -0.2) is 57.1 Å². The first-order valence-electron chi connectivity index (χ1n) is 12.4. The molecule has 0 saturated carbocycles. The van der Waals surface area contributed by atoms with Crippen LogP contribution in [0.15, 0.2) is 48.5 Å². The van der Waals surface area contributed by atoms with Crippen molar-refractivity contribution >= 4 is 27.5 Å². The molecular formula is C27H39N3O5S. The number of anilines is 1. The van der Waals surface area contributed by atoms with Gasteiger partial charge in [0, 0.05) is 26.1 Å². The van der Waals surface area contributed by atoms with Gasteiger partial charge in [0.05, 0.1) is 18.6 Å². The van der Waals surface area contributed by atoms with Crippen LogP contribution < -0.4 is 14.4 Å². The van der Waals surface area contributed by atoms with Gasteiger partial charge in [-0.25, -0.2) is 8.42 Å². The Morgan fingerprint density at radius 2 is 1.72 bits per heavy atom. The first-order chi connectivity index (χ1) is 17.1. The number of benzene rings is 2. The van der Waals surface area contributed by atoms with Gasteiger partial charge in [-0.1, -0.05) is 48.9 Å². The van der Waals surface area contributed by atoms with Gasteiger partial charge in [-0.15, -0.1) is 0 Å². The predicted octanol–water partition coefficient (Wildman–Crippen LogP) is 3.88. The largest absolute Gasteiger partial charge is 0.492 e. The van der Waals surface area contributed by atoms with Crippen molar-refractivity contribution in [2.24, 2.45) is 0 Å². The average molecular weight is 518 g/mol. The van der Waals surface area contributed by atoms with E-state index in [1.54, 1.807) is 36.1 Å². The van der Waals surface area contributed by atoms with Crippen LogP contribution in [-0.2, 0) is 26.2 Å². The van der Waals surface area contributed by atoms with Gasteiger partial charge in [0.1, 0.15) is 11.8 Å². The monoisotopic (exact) mass is 517 g/mol. The summed E-state index contributed by atoms with van der Waals surface area (Å²) in [4.78, 5) is 27.6. The van der Waals surface area contributed by atoms with E-state index in [4.69, 9.17) is 4.74 Å². The molecule has 0 bridgehead atoms. The zero-order valence-electron chi connectivity index (χ0n) is 22.0. The molecule has 1 N–H and O–H groups in total. The lowest BCUT2D eigenvalue weighted by Gasteiger charge is -2.29. The molecule has 198 valence electrons. The van der Waals surface area contributed by atoms with Crippen LogP contribution in [0, 0.1) is 6.92 Å². The minimum absolute atomic E-state index is 0.0973. The minimum atomic E-state index is -3.61. The molecule has 2 rings (SSSR count). The lowest BCUT2D eigenvalue weighted by Crippen LogP contribution is -2.47. The Labute approximate surface area is 215 Å². The normalized spacial score (nSPS) is 12.0. The zero-order chi connectivity index (χ0) is 26.7. The number of hydrogen-bond acceptors (Lipinski definition) is 5. The van der Waals surface area contributed by atoms with Crippen molar-refractivity contribution in [1.29, 1.82) is 0 Å². The highest BCUT2D eigenvalue weighted by atomic mass is 32.2. The molecule has 0 fully saturated rings. The third-order valence-corrected chi connectivity index (χ3v) is 6.96. The summed E-state index contributed by atoms with van der Waals surface area (Å²) < 4.78 is 32.1. The summed E-state index contributed by atoms with van der Waals surface area (Å²) in [6.45, 7) is 8.87. The molecule has 9 heteroatoms. The molecule has 2 aromatic carbocycles. The molecule has 0 heterocycles. The number of carbonyl (C=O) groups is 2. The van der Waals surface area contributed by atoms with Crippen LogP contribution in [0.4, 0.5) is 5.69 Å². The Hall–Kier alpha value is -3.07. The van der Waals surface area contributed by atoms with Crippen molar-refractivity contribution < 1.29 is 22.7 Å². The summed E-state index contributed by atoms with van der Waals surface area (Å²) in [6, 6.07) is 14.1. The number of sulfonamides is 1. The molecule has 1 atom stereocenters. The predicted molar refractivity (Wildman–Crippen MR) is 144 cm³/mol. The third kappa shape index (κ3) is 8.55. The number of nitrogens with zero attached hydrogens (tertiary/aromatic N) is 2. The van der Waals surface area contributed by atoms with Crippen LogP contribution >= 0.6 is 0 Å². The van der Waals surface area contributed by atoms with Crippen molar-refractivity contribution in [3.05, 3.63) is 59.7 Å². The van der Waals surface area contributed by atoms with Crippen molar-refractivity contribution in [2.75, 3.05) is 30.3 Å². The SMILES string of the molecule is CCCNC(=O)[C@H](C)N(Cc1ccc(C)cc1)C(=O)CCCN(c1ccccc1OCC)S(C)(=O)=O. The second kappa shape index (κ2) is 13.9. The summed E-state index contributed by atoms with van der Waals surface area (Å²) >= 11 is 0. The van der Waals surface area contributed by atoms with E-state index >= 15 is 0 Å². The van der Waals surface area contributed by atoms with E-state index in [2.05, 4.69) is 5.32 Å². The highest BCUT2D eigenvalue weighted by Gasteiger charge is 2.27. The number of rotatable bonds is 14. The van der Waals surface area contributed by atoms with E-state index in [9.17, 15) is 18.0 Å². The first-order valence-corrected chi connectivity index (χ1v) is 14.3. The van der Waals surface area contributed by atoms with E-state index in [-0.39, 0.29) is 24.8 Å². The van der Waals surface area contributed by atoms with Crippen LogP contribution in [0.1, 0.15) is 51.2 Å². The van der Waals surface area contributed by atoms with Crippen molar-refractivity contribution in [1.82, 2.24) is 10.2 Å². The van der Waals surface area contributed by atoms with E-state index < -0.39 is 16.1 Å². The fourth-order valence-electron chi connectivity index (χ4n) is 3.79. The minimum Gasteiger partial charge on any atom is -0.492 e. The topological polar surface area (TPSA) is 96.0 Å². The molecule has 0 spiro atoms. The van der Waals surface area contributed by atoms with Gasteiger partial charge in [-0.2, -0.15) is 0 Å². The molecule has 0 saturated heterocycles. The number of hydrogen-bond donors (Lipinski definition) is 1. The van der Waals surface area contributed by atoms with Crippen LogP contribution in [0.25, 0.3) is 0 Å². The second-order valence-electron chi connectivity index (χ2n) is 8.81. The van der Waals surface area contributed by atoms with Crippen LogP contribution in [0.3, 0.4) is 0 Å². The number of aryl methyl sites for hydroxylation is 1. The van der Waals surface area contributed by atoms with E-state index in [1.165, 1.54) is 4.31 Å². The lowest BCUT2D eigenvalue weighted by molar-refractivity contribution is -0.140. The van der Waals surface area contributed by atoms with E-state index in [0.717, 1.165) is 23.8 Å². The summed E-state index contributed by atoms with van der Waals surface area (Å²) in [5.41, 5.74) is 2.48. The summed E-state index contributed by atoms with van der Waals surface area (Å²) in [5, 5.41) is 2.86. The summed E-state index contributed by atoms with van der Waals surface area (Å²) in [6.07, 6.45) is 2.33. The van der Waals surface area contributed by atoms with Gasteiger partial charge in [0.2, 0.25) is 21.8 Å². The van der Waals surface area contributed by atoms with Gasteiger partial charge in [-0.3, -0.25) is 13.9 Å². The molecule has 2 amide bonds. The Kier molecular flexibility index (Phi) is 11.2. The molecule has 0 unspecified atom stereocenters. The number of carbonyl (C=O) groups excluding carboxylic acids is 2. The van der Waals surface area contributed by atoms with Crippen molar-refractivity contribution in [3.63, 3.8) is 0 Å². The van der Waals surface area contributed by atoms with E-state index in [1.807, 2.05) is 45.0 Å². The molecule has 0 aromatic heterocycles. The third-order valence-electron chi connectivity index (χ3n) is 5.78. The molecule has 36 heavy (non-hydrogen) atoms. The summed E-state index contributed by atoms with van der Waals surface area (Å²) in [5.74, 6) is 0.0564. The second-order valence-corrected chi connectivity index (χ2v) is 10.7. The Balaban J connectivity index is 2.18. The first kappa shape index (κ1) is 29.2. The highest BCUT2D eigenvalue weighted by Crippen LogP contribution is 2.30. The van der Waals surface area contributed by atoms with Gasteiger partial charge in [-0.05, 0) is 51.3 Å². The summed E-state index contributed by atoms with van der Waals surface area (Å²) in [7, 11) is -3.61.